The topological polar surface area (TPSA) is 90.0 Å². The molecule has 212 valence electrons. The predicted molar refractivity (Wildman–Crippen MR) is 153 cm³/mol. The number of allylic oxidation sites excluding steroid dienone is 2. The molecule has 0 N–H and O–H groups in total. The number of benzene rings is 3. The highest BCUT2D eigenvalue weighted by atomic mass is 16.5. The number of ketones is 1. The molecule has 3 aromatic rings. The third-order valence-electron chi connectivity index (χ3n) is 9.32. The number of carbonyl (C=O) groups is 4. The first-order chi connectivity index (χ1) is 20.5. The molecule has 8 rings (SSSR count). The average molecular weight is 562 g/mol. The van der Waals surface area contributed by atoms with Gasteiger partial charge in [0.2, 0.25) is 11.8 Å². The zero-order valence-electron chi connectivity index (χ0n) is 23.0. The van der Waals surface area contributed by atoms with Gasteiger partial charge in [-0.2, -0.15) is 0 Å². The minimum Gasteiger partial charge on any atom is -0.489 e. The summed E-state index contributed by atoms with van der Waals surface area (Å²) >= 11 is 0. The third kappa shape index (κ3) is 4.73. The molecule has 3 fully saturated rings. The molecule has 7 nitrogen and oxygen atoms in total. The van der Waals surface area contributed by atoms with Crippen LogP contribution in [0.2, 0.25) is 0 Å². The first-order valence-corrected chi connectivity index (χ1v) is 14.6. The molecule has 7 atom stereocenters. The van der Waals surface area contributed by atoms with E-state index in [2.05, 4.69) is 12.2 Å². The Hall–Kier alpha value is -4.52. The van der Waals surface area contributed by atoms with Crippen LogP contribution in [-0.2, 0) is 32.1 Å². The fourth-order valence-electron chi connectivity index (χ4n) is 7.20. The summed E-state index contributed by atoms with van der Waals surface area (Å²) in [5.41, 5.74) is 2.21. The molecule has 2 saturated carbocycles. The number of esters is 1. The molecule has 1 aliphatic heterocycles. The van der Waals surface area contributed by atoms with Gasteiger partial charge in [0, 0.05) is 12.0 Å². The maximum Gasteiger partial charge on any atom is 0.330 e. The van der Waals surface area contributed by atoms with Crippen molar-refractivity contribution in [3.8, 4) is 5.75 Å². The van der Waals surface area contributed by atoms with E-state index in [1.54, 1.807) is 24.3 Å². The number of likely N-dealkylation sites (tertiary alicyclic amines) is 1. The lowest BCUT2D eigenvalue weighted by molar-refractivity contribution is -0.158. The predicted octanol–water partition coefficient (Wildman–Crippen LogP) is 4.66. The Bertz CT molecular complexity index is 1510. The minimum absolute atomic E-state index is 0.0565. The molecule has 2 bridgehead atoms. The van der Waals surface area contributed by atoms with E-state index in [1.807, 2.05) is 60.7 Å². The van der Waals surface area contributed by atoms with Crippen LogP contribution in [0.1, 0.15) is 27.9 Å². The molecule has 0 unspecified atom stereocenters. The summed E-state index contributed by atoms with van der Waals surface area (Å²) in [6.07, 6.45) is 5.41. The SMILES string of the molecule is O=C(COC(=O)[C@H](Cc1ccccc1)N1C(=O)[C@@H]2[C@H]3C=C[C@@H]([C@@H]4C[C@@H]34)[C@H]2C1=O)c1ccc(OCc2ccccc2)cc1. The number of rotatable bonds is 10. The first-order valence-electron chi connectivity index (χ1n) is 14.6. The van der Waals surface area contributed by atoms with Gasteiger partial charge in [0.25, 0.3) is 0 Å². The Morgan fingerprint density at radius 2 is 1.33 bits per heavy atom. The van der Waals surface area contributed by atoms with Gasteiger partial charge in [0.1, 0.15) is 18.4 Å². The lowest BCUT2D eigenvalue weighted by atomic mass is 9.63. The van der Waals surface area contributed by atoms with Crippen molar-refractivity contribution in [3.63, 3.8) is 0 Å². The molecule has 42 heavy (non-hydrogen) atoms. The van der Waals surface area contributed by atoms with Gasteiger partial charge in [0.15, 0.2) is 12.4 Å². The summed E-state index contributed by atoms with van der Waals surface area (Å²) in [5.74, 6) is -0.873. The summed E-state index contributed by atoms with van der Waals surface area (Å²) < 4.78 is 11.3. The van der Waals surface area contributed by atoms with Gasteiger partial charge in [0.05, 0.1) is 11.8 Å². The standard InChI is InChI=1S/C35H31NO6/c37-30(23-11-13-24(14-12-23)41-19-22-9-5-2-6-10-22)20-42-35(40)29(17-21-7-3-1-4-8-21)36-33(38)31-25-15-16-26(28-18-27(25)28)32(31)34(36)39/h1-16,25-29,31-32H,17-20H2/t25-,26-,27-,28-,29-,31+,32+/m0/s1. The van der Waals surface area contributed by atoms with Gasteiger partial charge in [-0.1, -0.05) is 72.8 Å². The molecule has 1 heterocycles. The van der Waals surface area contributed by atoms with Crippen LogP contribution in [0.4, 0.5) is 0 Å². The summed E-state index contributed by atoms with van der Waals surface area (Å²) in [6, 6.07) is 24.6. The van der Waals surface area contributed by atoms with Crippen LogP contribution in [0.5, 0.6) is 5.75 Å². The van der Waals surface area contributed by atoms with E-state index in [0.29, 0.717) is 29.8 Å². The Morgan fingerprint density at radius 1 is 0.762 bits per heavy atom. The summed E-state index contributed by atoms with van der Waals surface area (Å²) in [4.78, 5) is 55.2. The van der Waals surface area contributed by atoms with Crippen LogP contribution in [0.3, 0.4) is 0 Å². The van der Waals surface area contributed by atoms with E-state index in [4.69, 9.17) is 9.47 Å². The lowest BCUT2D eigenvalue weighted by Crippen LogP contribution is -2.48. The van der Waals surface area contributed by atoms with Crippen LogP contribution in [-0.4, -0.2) is 41.1 Å². The summed E-state index contributed by atoms with van der Waals surface area (Å²) in [6.45, 7) is -0.0859. The van der Waals surface area contributed by atoms with Crippen molar-refractivity contribution in [1.29, 1.82) is 0 Å². The van der Waals surface area contributed by atoms with Crippen LogP contribution in [0, 0.1) is 35.5 Å². The number of nitrogens with zero attached hydrogens (tertiary/aromatic N) is 1. The molecule has 0 spiro atoms. The summed E-state index contributed by atoms with van der Waals surface area (Å²) in [5, 5.41) is 0. The second-order valence-corrected chi connectivity index (χ2v) is 11.7. The lowest BCUT2D eigenvalue weighted by Gasteiger charge is -2.37. The van der Waals surface area contributed by atoms with E-state index in [0.717, 1.165) is 22.4 Å². The molecular formula is C35H31NO6. The van der Waals surface area contributed by atoms with Gasteiger partial charge in [-0.3, -0.25) is 19.3 Å². The Balaban J connectivity index is 1.04. The van der Waals surface area contributed by atoms with E-state index in [1.165, 1.54) is 0 Å². The number of amides is 2. The normalized spacial score (nSPS) is 27.3. The fourth-order valence-corrected chi connectivity index (χ4v) is 7.20. The molecule has 5 aliphatic rings. The van der Waals surface area contributed by atoms with Crippen molar-refractivity contribution in [3.05, 3.63) is 114 Å². The highest BCUT2D eigenvalue weighted by Crippen LogP contribution is 2.65. The largest absolute Gasteiger partial charge is 0.489 e. The van der Waals surface area contributed by atoms with Crippen molar-refractivity contribution < 1.29 is 28.7 Å². The molecule has 2 amide bonds. The molecule has 7 heteroatoms. The van der Waals surface area contributed by atoms with Crippen LogP contribution < -0.4 is 4.74 Å². The number of hydrogen-bond acceptors (Lipinski definition) is 6. The van der Waals surface area contributed by atoms with Crippen LogP contribution >= 0.6 is 0 Å². The van der Waals surface area contributed by atoms with Crippen molar-refractivity contribution in [2.45, 2.75) is 25.5 Å². The van der Waals surface area contributed by atoms with E-state index in [-0.39, 0.29) is 35.9 Å². The van der Waals surface area contributed by atoms with Gasteiger partial charge >= 0.3 is 5.97 Å². The van der Waals surface area contributed by atoms with Gasteiger partial charge in [-0.05, 0) is 65.5 Å². The highest BCUT2D eigenvalue weighted by molar-refractivity contribution is 6.09. The fraction of sp³-hybridized carbons (Fsp3) is 0.314. The summed E-state index contributed by atoms with van der Waals surface area (Å²) in [7, 11) is 0. The molecule has 4 aliphatic carbocycles. The van der Waals surface area contributed by atoms with E-state index >= 15 is 0 Å². The second kappa shape index (κ2) is 10.7. The van der Waals surface area contributed by atoms with Crippen LogP contribution in [0.25, 0.3) is 0 Å². The maximum atomic E-state index is 13.8. The molecule has 1 saturated heterocycles. The average Bonchev–Trinajstić information content (AvgIpc) is 3.81. The third-order valence-corrected chi connectivity index (χ3v) is 9.32. The van der Waals surface area contributed by atoms with E-state index in [9.17, 15) is 19.2 Å². The Kier molecular flexibility index (Phi) is 6.73. The maximum absolute atomic E-state index is 13.8. The Labute approximate surface area is 244 Å². The molecule has 0 radical (unpaired) electrons. The highest BCUT2D eigenvalue weighted by Gasteiger charge is 2.68. The van der Waals surface area contributed by atoms with Crippen molar-refractivity contribution in [1.82, 2.24) is 4.90 Å². The second-order valence-electron chi connectivity index (χ2n) is 11.7. The number of hydrogen-bond donors (Lipinski definition) is 0. The van der Waals surface area contributed by atoms with Gasteiger partial charge in [-0.25, -0.2) is 4.79 Å². The van der Waals surface area contributed by atoms with Crippen molar-refractivity contribution in [2.75, 3.05) is 6.61 Å². The Morgan fingerprint density at radius 3 is 1.93 bits per heavy atom. The first kappa shape index (κ1) is 26.4. The monoisotopic (exact) mass is 561 g/mol. The molecule has 0 aromatic heterocycles. The van der Waals surface area contributed by atoms with Gasteiger partial charge < -0.3 is 9.47 Å². The molecular weight excluding hydrogens is 530 g/mol. The van der Waals surface area contributed by atoms with E-state index < -0.39 is 30.5 Å². The minimum atomic E-state index is -1.13. The van der Waals surface area contributed by atoms with Crippen molar-refractivity contribution in [2.24, 2.45) is 35.5 Å². The smallest absolute Gasteiger partial charge is 0.330 e. The van der Waals surface area contributed by atoms with Gasteiger partial charge in [-0.15, -0.1) is 0 Å². The zero-order valence-corrected chi connectivity index (χ0v) is 23.0. The van der Waals surface area contributed by atoms with Crippen LogP contribution in [0.15, 0.2) is 97.1 Å². The zero-order chi connectivity index (χ0) is 28.8. The number of Topliss-reactive ketones (excluding diaryl/α,β-unsaturated/α-hetero) is 1. The number of imide groups is 1. The quantitative estimate of drug-likeness (QED) is 0.155. The number of carbonyl (C=O) groups excluding carboxylic acids is 4. The molecule has 3 aromatic carbocycles. The number of ether oxygens (including phenoxy) is 2. The van der Waals surface area contributed by atoms with Crippen molar-refractivity contribution >= 4 is 23.6 Å².